The SMILES string of the molecule is CCC1c2c(C#N)ncn2-c2cnc(Nc3ccc(C(=O)NC4CCC(N5CCN(CC6CC6)CC5)CC4)cc3OC)nc2N1C(C)C. The maximum Gasteiger partial charge on any atom is 0.251 e. The molecule has 3 aromatic rings. The van der Waals surface area contributed by atoms with E-state index >= 15 is 0 Å². The second kappa shape index (κ2) is 13.7. The number of hydrogen-bond donors (Lipinski definition) is 2. The Balaban J connectivity index is 0.992. The molecule has 254 valence electrons. The van der Waals surface area contributed by atoms with Gasteiger partial charge in [0.25, 0.3) is 5.91 Å². The van der Waals surface area contributed by atoms with Crippen LogP contribution in [-0.2, 0) is 0 Å². The Kier molecular flexibility index (Phi) is 9.25. The van der Waals surface area contributed by atoms with Crippen molar-refractivity contribution in [3.05, 3.63) is 47.7 Å². The van der Waals surface area contributed by atoms with Crippen LogP contribution in [-0.4, -0.2) is 93.2 Å². The molecule has 0 bridgehead atoms. The molecule has 4 aliphatic rings. The van der Waals surface area contributed by atoms with Crippen molar-refractivity contribution in [1.29, 1.82) is 5.26 Å². The third kappa shape index (κ3) is 6.45. The molecule has 12 heteroatoms. The highest BCUT2D eigenvalue weighted by Crippen LogP contribution is 2.42. The molecule has 0 spiro atoms. The van der Waals surface area contributed by atoms with Gasteiger partial charge in [-0.05, 0) is 82.9 Å². The molecule has 48 heavy (non-hydrogen) atoms. The summed E-state index contributed by atoms with van der Waals surface area (Å²) in [5.41, 5.74) is 3.31. The average molecular weight is 653 g/mol. The van der Waals surface area contributed by atoms with E-state index in [0.29, 0.717) is 34.7 Å². The van der Waals surface area contributed by atoms with Crippen molar-refractivity contribution in [3.8, 4) is 17.5 Å². The standard InChI is InChI=1S/C36H48N10O2/c1-5-30-33-29(19-37)39-22-45(33)31-20-38-36(42-34(31)46(30)23(2)3)41-28-13-8-25(18-32(28)48-4)35(47)40-26-9-11-27(12-10-26)44-16-14-43(15-17-44)21-24-6-7-24/h8,13,18,20,22-24,26-27,30H,5-7,9-12,14-17,21H2,1-4H3,(H,40,47)(H,38,41,42). The number of rotatable bonds is 10. The molecule has 4 heterocycles. The number of piperazine rings is 1. The molecule has 0 radical (unpaired) electrons. The minimum atomic E-state index is -0.0759. The maximum atomic E-state index is 13.3. The number of aromatic nitrogens is 4. The van der Waals surface area contributed by atoms with Crippen molar-refractivity contribution in [2.24, 2.45) is 5.92 Å². The Morgan fingerprint density at radius 1 is 1.08 bits per heavy atom. The molecular formula is C36H48N10O2. The third-order valence-electron chi connectivity index (χ3n) is 10.6. The summed E-state index contributed by atoms with van der Waals surface area (Å²) in [6.45, 7) is 12.4. The van der Waals surface area contributed by atoms with Gasteiger partial charge in [-0.2, -0.15) is 10.2 Å². The molecule has 1 unspecified atom stereocenters. The topological polar surface area (TPSA) is 127 Å². The molecule has 2 aliphatic carbocycles. The smallest absolute Gasteiger partial charge is 0.251 e. The minimum Gasteiger partial charge on any atom is -0.495 e. The zero-order chi connectivity index (χ0) is 33.4. The van der Waals surface area contributed by atoms with E-state index in [-0.39, 0.29) is 24.0 Å². The first-order chi connectivity index (χ1) is 23.4. The van der Waals surface area contributed by atoms with Gasteiger partial charge in [-0.1, -0.05) is 6.92 Å². The average Bonchev–Trinajstić information content (AvgIpc) is 3.82. The Morgan fingerprint density at radius 3 is 2.52 bits per heavy atom. The van der Waals surface area contributed by atoms with E-state index in [4.69, 9.17) is 9.72 Å². The highest BCUT2D eigenvalue weighted by molar-refractivity contribution is 5.95. The van der Waals surface area contributed by atoms with Crippen LogP contribution in [0.4, 0.5) is 17.5 Å². The first-order valence-electron chi connectivity index (χ1n) is 17.7. The Labute approximate surface area is 283 Å². The highest BCUT2D eigenvalue weighted by Gasteiger charge is 2.36. The summed E-state index contributed by atoms with van der Waals surface area (Å²) in [7, 11) is 1.60. The fourth-order valence-corrected chi connectivity index (χ4v) is 7.90. The number of nitrogens with one attached hydrogen (secondary N) is 2. The van der Waals surface area contributed by atoms with E-state index < -0.39 is 0 Å². The van der Waals surface area contributed by atoms with E-state index in [9.17, 15) is 10.1 Å². The van der Waals surface area contributed by atoms with Gasteiger partial charge in [-0.25, -0.2) is 9.97 Å². The third-order valence-corrected chi connectivity index (χ3v) is 10.6. The fourth-order valence-electron chi connectivity index (χ4n) is 7.90. The van der Waals surface area contributed by atoms with Crippen LogP contribution in [0.25, 0.3) is 5.69 Å². The van der Waals surface area contributed by atoms with Gasteiger partial charge >= 0.3 is 0 Å². The number of hydrogen-bond acceptors (Lipinski definition) is 10. The Bertz CT molecular complexity index is 1660. The van der Waals surface area contributed by atoms with Crippen molar-refractivity contribution in [3.63, 3.8) is 0 Å². The predicted molar refractivity (Wildman–Crippen MR) is 185 cm³/mol. The van der Waals surface area contributed by atoms with Crippen LogP contribution in [0.3, 0.4) is 0 Å². The molecule has 2 aromatic heterocycles. The molecule has 7 rings (SSSR count). The zero-order valence-corrected chi connectivity index (χ0v) is 28.7. The Morgan fingerprint density at radius 2 is 1.85 bits per heavy atom. The van der Waals surface area contributed by atoms with Gasteiger partial charge in [0.15, 0.2) is 11.5 Å². The van der Waals surface area contributed by atoms with E-state index in [0.717, 1.165) is 55.2 Å². The first kappa shape index (κ1) is 32.3. The highest BCUT2D eigenvalue weighted by atomic mass is 16.5. The molecule has 1 atom stereocenters. The van der Waals surface area contributed by atoms with Gasteiger partial charge in [0.05, 0.1) is 30.7 Å². The van der Waals surface area contributed by atoms with Crippen molar-refractivity contribution in [2.75, 3.05) is 50.1 Å². The lowest BCUT2D eigenvalue weighted by Gasteiger charge is -2.42. The summed E-state index contributed by atoms with van der Waals surface area (Å²) in [4.78, 5) is 34.8. The molecule has 1 aromatic carbocycles. The zero-order valence-electron chi connectivity index (χ0n) is 28.7. The summed E-state index contributed by atoms with van der Waals surface area (Å²) in [6.07, 6.45) is 11.4. The van der Waals surface area contributed by atoms with Crippen LogP contribution in [0.15, 0.2) is 30.7 Å². The summed E-state index contributed by atoms with van der Waals surface area (Å²) in [5, 5.41) is 16.3. The monoisotopic (exact) mass is 652 g/mol. The van der Waals surface area contributed by atoms with E-state index in [1.807, 2.05) is 16.7 Å². The molecule has 2 N–H and O–H groups in total. The minimum absolute atomic E-state index is 0.0490. The number of carbonyl (C=O) groups is 1. The van der Waals surface area contributed by atoms with Crippen LogP contribution in [0.2, 0.25) is 0 Å². The molecule has 12 nitrogen and oxygen atoms in total. The molecule has 2 saturated carbocycles. The maximum absolute atomic E-state index is 13.3. The molecule has 2 aliphatic heterocycles. The first-order valence-corrected chi connectivity index (χ1v) is 17.7. The number of carbonyl (C=O) groups excluding carboxylic acids is 1. The number of anilines is 3. The summed E-state index contributed by atoms with van der Waals surface area (Å²) in [6, 6.07) is 8.59. The number of ether oxygens (including phenoxy) is 1. The number of nitrogens with zero attached hydrogens (tertiary/aromatic N) is 8. The van der Waals surface area contributed by atoms with Crippen molar-refractivity contribution < 1.29 is 9.53 Å². The van der Waals surface area contributed by atoms with Gasteiger partial charge in [0.1, 0.15) is 23.8 Å². The van der Waals surface area contributed by atoms with Crippen LogP contribution < -0.4 is 20.3 Å². The van der Waals surface area contributed by atoms with E-state index in [1.54, 1.807) is 25.7 Å². The number of methoxy groups -OCH3 is 1. The summed E-state index contributed by atoms with van der Waals surface area (Å²) in [5.74, 6) is 2.61. The fraction of sp³-hybridized carbons (Fsp3) is 0.583. The normalized spacial score (nSPS) is 22.9. The molecular weight excluding hydrogens is 604 g/mol. The predicted octanol–water partition coefficient (Wildman–Crippen LogP) is 5.03. The number of benzene rings is 1. The van der Waals surface area contributed by atoms with Crippen molar-refractivity contribution in [2.45, 2.75) is 89.9 Å². The molecule has 1 saturated heterocycles. The van der Waals surface area contributed by atoms with Crippen LogP contribution >= 0.6 is 0 Å². The van der Waals surface area contributed by atoms with Crippen LogP contribution in [0.1, 0.15) is 93.5 Å². The number of amides is 1. The van der Waals surface area contributed by atoms with Gasteiger partial charge in [0, 0.05) is 56.4 Å². The lowest BCUT2D eigenvalue weighted by Crippen LogP contribution is -2.52. The molecule has 3 fully saturated rings. The quantitative estimate of drug-likeness (QED) is 0.308. The van der Waals surface area contributed by atoms with Gasteiger partial charge in [-0.3, -0.25) is 14.3 Å². The number of nitriles is 1. The lowest BCUT2D eigenvalue weighted by atomic mass is 9.89. The van der Waals surface area contributed by atoms with E-state index in [2.05, 4.69) is 62.1 Å². The second-order valence-electron chi connectivity index (χ2n) is 14.1. The van der Waals surface area contributed by atoms with Gasteiger partial charge < -0.3 is 25.2 Å². The second-order valence-corrected chi connectivity index (χ2v) is 14.1. The largest absolute Gasteiger partial charge is 0.495 e. The molecule has 1 amide bonds. The number of imidazole rings is 1. The van der Waals surface area contributed by atoms with Gasteiger partial charge in [-0.15, -0.1) is 0 Å². The van der Waals surface area contributed by atoms with Crippen LogP contribution in [0, 0.1) is 17.2 Å². The van der Waals surface area contributed by atoms with Gasteiger partial charge in [0.2, 0.25) is 5.95 Å². The number of fused-ring (bicyclic) bond motifs is 3. The van der Waals surface area contributed by atoms with Crippen molar-refractivity contribution >= 4 is 23.4 Å². The summed E-state index contributed by atoms with van der Waals surface area (Å²) < 4.78 is 7.65. The van der Waals surface area contributed by atoms with E-state index in [1.165, 1.54) is 45.6 Å². The van der Waals surface area contributed by atoms with Crippen molar-refractivity contribution in [1.82, 2.24) is 34.6 Å². The summed E-state index contributed by atoms with van der Waals surface area (Å²) >= 11 is 0. The Hall–Kier alpha value is -4.21. The lowest BCUT2D eigenvalue weighted by molar-refractivity contribution is 0.0694. The van der Waals surface area contributed by atoms with Crippen LogP contribution in [0.5, 0.6) is 5.75 Å².